The molecular formula is C28H25F3N6O3. The number of nitrogens with one attached hydrogen (secondary N) is 1. The fourth-order valence-electron chi connectivity index (χ4n) is 4.31. The van der Waals surface area contributed by atoms with Crippen molar-refractivity contribution in [3.8, 4) is 22.9 Å². The Morgan fingerprint density at radius 2 is 1.82 bits per heavy atom. The van der Waals surface area contributed by atoms with Crippen molar-refractivity contribution in [1.29, 1.82) is 0 Å². The number of nitrogens with zero attached hydrogens (tertiary/aromatic N) is 4. The van der Waals surface area contributed by atoms with Crippen molar-refractivity contribution in [1.82, 2.24) is 25.1 Å². The van der Waals surface area contributed by atoms with Gasteiger partial charge < -0.3 is 20.2 Å². The first-order chi connectivity index (χ1) is 19.1. The summed E-state index contributed by atoms with van der Waals surface area (Å²) in [4.78, 5) is 21.5. The van der Waals surface area contributed by atoms with Crippen molar-refractivity contribution in [2.75, 3.05) is 7.11 Å². The van der Waals surface area contributed by atoms with Gasteiger partial charge >= 0.3 is 6.18 Å². The molecule has 9 nitrogen and oxygen atoms in total. The number of alkyl halides is 3. The summed E-state index contributed by atoms with van der Waals surface area (Å²) in [7, 11) is 1.34. The van der Waals surface area contributed by atoms with E-state index in [4.69, 9.17) is 14.9 Å². The van der Waals surface area contributed by atoms with Crippen molar-refractivity contribution in [3.63, 3.8) is 0 Å². The average Bonchev–Trinajstić information content (AvgIpc) is 3.63. The van der Waals surface area contributed by atoms with Crippen LogP contribution in [0.2, 0.25) is 0 Å². The van der Waals surface area contributed by atoms with Crippen molar-refractivity contribution in [3.05, 3.63) is 89.7 Å². The Morgan fingerprint density at radius 3 is 2.45 bits per heavy atom. The number of hydrogen-bond acceptors (Lipinski definition) is 7. The van der Waals surface area contributed by atoms with Crippen LogP contribution in [-0.4, -0.2) is 32.8 Å². The summed E-state index contributed by atoms with van der Waals surface area (Å²) >= 11 is 0. The van der Waals surface area contributed by atoms with E-state index in [1.165, 1.54) is 19.2 Å². The van der Waals surface area contributed by atoms with E-state index in [-0.39, 0.29) is 34.7 Å². The van der Waals surface area contributed by atoms with E-state index in [0.29, 0.717) is 10.9 Å². The number of ether oxygens (including phenoxy) is 1. The molecule has 1 amide bonds. The van der Waals surface area contributed by atoms with Gasteiger partial charge in [0.05, 0.1) is 24.9 Å². The van der Waals surface area contributed by atoms with Gasteiger partial charge in [0.15, 0.2) is 11.5 Å². The number of halogens is 3. The standard InChI is InChI=1S/C28H25F3N6O3/c1-15(32)25-24(26(38)34-16(2)17-5-7-18(8-6-17)37-14-4-13-33-37)36-27(40-25)20-9-11-21(39-3)23-19(20)10-12-22(35-23)28(29,30)31/h4-16H,32H2,1-3H3,(H,34,38)/t15-,16+/m0/s1. The Hall–Kier alpha value is -4.71. The fraction of sp³-hybridized carbons (Fsp3) is 0.214. The number of hydrogen-bond donors (Lipinski definition) is 2. The molecule has 0 spiro atoms. The van der Waals surface area contributed by atoms with Crippen LogP contribution in [0.25, 0.3) is 28.0 Å². The lowest BCUT2D eigenvalue weighted by atomic mass is 10.1. The van der Waals surface area contributed by atoms with Crippen LogP contribution in [0.15, 0.2) is 71.4 Å². The predicted molar refractivity (Wildman–Crippen MR) is 141 cm³/mol. The molecule has 5 rings (SSSR count). The maximum absolute atomic E-state index is 13.3. The molecule has 2 atom stereocenters. The third kappa shape index (κ3) is 5.13. The number of carbonyl (C=O) groups excluding carboxylic acids is 1. The van der Waals surface area contributed by atoms with Crippen LogP contribution in [0.5, 0.6) is 5.75 Å². The number of aromatic nitrogens is 4. The molecule has 0 radical (unpaired) electrons. The van der Waals surface area contributed by atoms with E-state index in [1.54, 1.807) is 23.9 Å². The summed E-state index contributed by atoms with van der Waals surface area (Å²) in [6.45, 7) is 3.47. The van der Waals surface area contributed by atoms with Crippen molar-refractivity contribution in [2.45, 2.75) is 32.1 Å². The van der Waals surface area contributed by atoms with Gasteiger partial charge in [0, 0.05) is 23.3 Å². The number of fused-ring (bicyclic) bond motifs is 1. The summed E-state index contributed by atoms with van der Waals surface area (Å²) in [6.07, 6.45) is -1.12. The molecule has 2 aromatic carbocycles. The minimum absolute atomic E-state index is 0.0166. The SMILES string of the molecule is COc1ccc(-c2nc(C(=O)N[C@H](C)c3ccc(-n4cccn4)cc3)c([C@H](C)N)o2)c2ccc(C(F)(F)F)nc12. The van der Waals surface area contributed by atoms with Crippen LogP contribution in [0.4, 0.5) is 13.2 Å². The number of benzene rings is 2. The number of carbonyl (C=O) groups is 1. The lowest BCUT2D eigenvalue weighted by Gasteiger charge is -2.15. The Morgan fingerprint density at radius 1 is 1.07 bits per heavy atom. The molecule has 0 aliphatic rings. The molecule has 3 heterocycles. The molecule has 206 valence electrons. The van der Waals surface area contributed by atoms with Gasteiger partial charge in [-0.25, -0.2) is 14.6 Å². The topological polar surface area (TPSA) is 121 Å². The Labute approximate surface area is 226 Å². The first kappa shape index (κ1) is 26.9. The molecule has 12 heteroatoms. The predicted octanol–water partition coefficient (Wildman–Crippen LogP) is 5.61. The van der Waals surface area contributed by atoms with E-state index in [0.717, 1.165) is 17.3 Å². The van der Waals surface area contributed by atoms with Crippen molar-refractivity contribution < 1.29 is 27.1 Å². The van der Waals surface area contributed by atoms with E-state index >= 15 is 0 Å². The minimum atomic E-state index is -4.64. The van der Waals surface area contributed by atoms with E-state index in [2.05, 4.69) is 20.4 Å². The van der Waals surface area contributed by atoms with Gasteiger partial charge in [-0.3, -0.25) is 4.79 Å². The van der Waals surface area contributed by atoms with Gasteiger partial charge in [-0.15, -0.1) is 0 Å². The molecular weight excluding hydrogens is 525 g/mol. The molecule has 0 aliphatic carbocycles. The molecule has 5 aromatic rings. The number of oxazole rings is 1. The fourth-order valence-corrected chi connectivity index (χ4v) is 4.31. The maximum atomic E-state index is 13.3. The monoisotopic (exact) mass is 550 g/mol. The Bertz CT molecular complexity index is 1660. The number of rotatable bonds is 7. The van der Waals surface area contributed by atoms with Crippen molar-refractivity contribution >= 4 is 16.8 Å². The van der Waals surface area contributed by atoms with Crippen LogP contribution in [0, 0.1) is 0 Å². The van der Waals surface area contributed by atoms with Gasteiger partial charge in [0.25, 0.3) is 5.91 Å². The molecule has 0 saturated carbocycles. The number of nitrogens with two attached hydrogens (primary N) is 1. The summed E-state index contributed by atoms with van der Waals surface area (Å²) in [6, 6.07) is 13.5. The van der Waals surface area contributed by atoms with Crippen molar-refractivity contribution in [2.24, 2.45) is 5.73 Å². The molecule has 0 unspecified atom stereocenters. The van der Waals surface area contributed by atoms with Crippen LogP contribution >= 0.6 is 0 Å². The van der Waals surface area contributed by atoms with E-state index < -0.39 is 23.8 Å². The highest BCUT2D eigenvalue weighted by molar-refractivity contribution is 5.98. The maximum Gasteiger partial charge on any atom is 0.433 e. The number of pyridine rings is 1. The first-order valence-corrected chi connectivity index (χ1v) is 12.3. The summed E-state index contributed by atoms with van der Waals surface area (Å²) < 4.78 is 52.8. The molecule has 0 bridgehead atoms. The normalized spacial score (nSPS) is 13.3. The summed E-state index contributed by atoms with van der Waals surface area (Å²) in [5, 5.41) is 7.42. The summed E-state index contributed by atoms with van der Waals surface area (Å²) in [5.74, 6) is -0.212. The van der Waals surface area contributed by atoms with Gasteiger partial charge in [-0.2, -0.15) is 18.3 Å². The van der Waals surface area contributed by atoms with Gasteiger partial charge in [-0.1, -0.05) is 12.1 Å². The quantitative estimate of drug-likeness (QED) is 0.270. The largest absolute Gasteiger partial charge is 0.494 e. The molecule has 0 aliphatic heterocycles. The zero-order chi connectivity index (χ0) is 28.6. The molecule has 3 aromatic heterocycles. The zero-order valence-corrected chi connectivity index (χ0v) is 21.7. The highest BCUT2D eigenvalue weighted by Gasteiger charge is 2.33. The average molecular weight is 551 g/mol. The zero-order valence-electron chi connectivity index (χ0n) is 21.7. The van der Waals surface area contributed by atoms with E-state index in [9.17, 15) is 18.0 Å². The number of amides is 1. The van der Waals surface area contributed by atoms with Gasteiger partial charge in [0.1, 0.15) is 17.0 Å². The highest BCUT2D eigenvalue weighted by atomic mass is 19.4. The van der Waals surface area contributed by atoms with Crippen LogP contribution in [0.1, 0.15) is 53.4 Å². The lowest BCUT2D eigenvalue weighted by molar-refractivity contribution is -0.140. The molecule has 3 N–H and O–H groups in total. The third-order valence-corrected chi connectivity index (χ3v) is 6.35. The van der Waals surface area contributed by atoms with Gasteiger partial charge in [0.2, 0.25) is 5.89 Å². The molecule has 40 heavy (non-hydrogen) atoms. The molecule has 0 fully saturated rings. The van der Waals surface area contributed by atoms with Crippen LogP contribution in [-0.2, 0) is 6.18 Å². The first-order valence-electron chi connectivity index (χ1n) is 12.3. The summed E-state index contributed by atoms with van der Waals surface area (Å²) in [5.41, 5.74) is 7.05. The second kappa shape index (κ2) is 10.5. The highest BCUT2D eigenvalue weighted by Crippen LogP contribution is 2.37. The van der Waals surface area contributed by atoms with E-state index in [1.807, 2.05) is 43.5 Å². The lowest BCUT2D eigenvalue weighted by Crippen LogP contribution is -2.28. The van der Waals surface area contributed by atoms with Crippen LogP contribution < -0.4 is 15.8 Å². The second-order valence-corrected chi connectivity index (χ2v) is 9.16. The Balaban J connectivity index is 1.47. The van der Waals surface area contributed by atoms with Crippen LogP contribution in [0.3, 0.4) is 0 Å². The third-order valence-electron chi connectivity index (χ3n) is 6.35. The Kier molecular flexibility index (Phi) is 7.03. The minimum Gasteiger partial charge on any atom is -0.494 e. The van der Waals surface area contributed by atoms with Gasteiger partial charge in [-0.05, 0) is 61.9 Å². The number of methoxy groups -OCH3 is 1. The smallest absolute Gasteiger partial charge is 0.433 e. The second-order valence-electron chi connectivity index (χ2n) is 9.16. The molecule has 0 saturated heterocycles.